The van der Waals surface area contributed by atoms with Gasteiger partial charge in [-0.05, 0) is 52.3 Å². The summed E-state index contributed by atoms with van der Waals surface area (Å²) in [6.07, 6.45) is -0.0237. The summed E-state index contributed by atoms with van der Waals surface area (Å²) in [5.41, 5.74) is 3.21. The number of aliphatic hydroxyl groups is 1. The second-order valence-corrected chi connectivity index (χ2v) is 11.2. The number of ether oxygens (including phenoxy) is 1. The molecule has 2 saturated carbocycles. The molecule has 0 bridgehead atoms. The highest BCUT2D eigenvalue weighted by Gasteiger charge is 2.69. The Morgan fingerprint density at radius 3 is 2.38 bits per heavy atom. The van der Waals surface area contributed by atoms with Gasteiger partial charge in [0.05, 0.1) is 18.6 Å². The van der Waals surface area contributed by atoms with E-state index in [4.69, 9.17) is 10.5 Å². The summed E-state index contributed by atoms with van der Waals surface area (Å²) in [7, 11) is 1.54. The zero-order chi connectivity index (χ0) is 28.1. The SMILES string of the molecule is COc1ccc2c(c1)cc1c3c(c(O)ccc32)C(=O)C2C(=O)[C@]3(O)C(=O)C(C(N)=O)C(=O)[C@@H](C(C)C)[C@@H]3C[C@H]12. The van der Waals surface area contributed by atoms with Crippen molar-refractivity contribution in [3.8, 4) is 11.5 Å². The molecule has 0 spiro atoms. The largest absolute Gasteiger partial charge is 0.507 e. The first-order valence-electron chi connectivity index (χ1n) is 12.9. The summed E-state index contributed by atoms with van der Waals surface area (Å²) in [4.78, 5) is 67.1. The van der Waals surface area contributed by atoms with E-state index in [0.717, 1.165) is 10.8 Å². The van der Waals surface area contributed by atoms with Gasteiger partial charge in [0.1, 0.15) is 11.5 Å². The number of benzene rings is 3. The van der Waals surface area contributed by atoms with E-state index < -0.39 is 70.1 Å². The van der Waals surface area contributed by atoms with Crippen LogP contribution in [0.4, 0.5) is 0 Å². The van der Waals surface area contributed by atoms with Crippen LogP contribution >= 0.6 is 0 Å². The highest BCUT2D eigenvalue weighted by Crippen LogP contribution is 2.57. The zero-order valence-electron chi connectivity index (χ0n) is 21.6. The van der Waals surface area contributed by atoms with E-state index >= 15 is 0 Å². The Morgan fingerprint density at radius 2 is 1.74 bits per heavy atom. The summed E-state index contributed by atoms with van der Waals surface area (Å²) in [6, 6.07) is 10.4. The van der Waals surface area contributed by atoms with E-state index in [0.29, 0.717) is 22.1 Å². The third-order valence-corrected chi connectivity index (χ3v) is 9.05. The highest BCUT2D eigenvalue weighted by molar-refractivity contribution is 6.33. The maximum absolute atomic E-state index is 14.1. The molecule has 3 aliphatic rings. The molecule has 9 heteroatoms. The van der Waals surface area contributed by atoms with E-state index in [1.54, 1.807) is 33.1 Å². The van der Waals surface area contributed by atoms with Gasteiger partial charge in [0.25, 0.3) is 0 Å². The molecule has 0 saturated heterocycles. The van der Waals surface area contributed by atoms with E-state index in [-0.39, 0.29) is 17.7 Å². The summed E-state index contributed by atoms with van der Waals surface area (Å²) >= 11 is 0. The molecule has 3 aromatic carbocycles. The molecule has 6 rings (SSSR count). The Hall–Kier alpha value is -4.11. The number of phenolic OH excluding ortho intramolecular Hbond substituents is 1. The zero-order valence-corrected chi connectivity index (χ0v) is 21.6. The fourth-order valence-corrected chi connectivity index (χ4v) is 7.39. The number of primary amides is 1. The van der Waals surface area contributed by atoms with Crippen LogP contribution in [0.3, 0.4) is 0 Å². The van der Waals surface area contributed by atoms with Crippen molar-refractivity contribution < 1.29 is 38.9 Å². The lowest BCUT2D eigenvalue weighted by molar-refractivity contribution is -0.180. The Kier molecular flexibility index (Phi) is 5.29. The number of rotatable bonds is 3. The lowest BCUT2D eigenvalue weighted by Crippen LogP contribution is -2.70. The van der Waals surface area contributed by atoms with E-state index in [1.807, 2.05) is 18.2 Å². The predicted octanol–water partition coefficient (Wildman–Crippen LogP) is 2.45. The van der Waals surface area contributed by atoms with Crippen LogP contribution in [0.15, 0.2) is 36.4 Å². The minimum atomic E-state index is -2.74. The number of Topliss-reactive ketones (excluding diaryl/α,β-unsaturated/α-hetero) is 4. The quantitative estimate of drug-likeness (QED) is 0.344. The lowest BCUT2D eigenvalue weighted by atomic mass is 9.49. The first-order chi connectivity index (χ1) is 18.4. The van der Waals surface area contributed by atoms with Crippen molar-refractivity contribution in [2.45, 2.75) is 31.8 Å². The number of methoxy groups -OCH3 is 1. The van der Waals surface area contributed by atoms with Crippen LogP contribution in [-0.2, 0) is 19.2 Å². The standard InChI is InChI=1S/C30H27NO8/c1-11(2)20-18-10-17-16-9-12-8-13(39-3)4-5-14(12)15-6-7-19(32)23(21(15)16)26(34)22(17)27(35)30(18,38)28(36)24(25(20)33)29(31)37/h4-9,11,17-18,20,22,24,32,38H,10H2,1-3H3,(H2,31,37)/t17-,18+,20+,22?,24?,30+/m1/s1. The van der Waals surface area contributed by atoms with Gasteiger partial charge in [-0.15, -0.1) is 0 Å². The molecule has 3 aliphatic carbocycles. The molecule has 2 unspecified atom stereocenters. The van der Waals surface area contributed by atoms with Crippen molar-refractivity contribution in [3.63, 3.8) is 0 Å². The summed E-state index contributed by atoms with van der Waals surface area (Å²) in [5, 5.41) is 25.4. The van der Waals surface area contributed by atoms with Gasteiger partial charge >= 0.3 is 0 Å². The van der Waals surface area contributed by atoms with E-state index in [1.165, 1.54) is 6.07 Å². The third kappa shape index (κ3) is 3.07. The first-order valence-corrected chi connectivity index (χ1v) is 12.9. The predicted molar refractivity (Wildman–Crippen MR) is 139 cm³/mol. The van der Waals surface area contributed by atoms with Crippen LogP contribution in [0.1, 0.15) is 42.1 Å². The molecular formula is C30H27NO8. The smallest absolute Gasteiger partial charge is 0.235 e. The fraction of sp³-hybridized carbons (Fsp3) is 0.367. The maximum Gasteiger partial charge on any atom is 0.235 e. The number of fused-ring (bicyclic) bond motifs is 5. The van der Waals surface area contributed by atoms with Gasteiger partial charge in [0.15, 0.2) is 34.7 Å². The topological polar surface area (TPSA) is 161 Å². The van der Waals surface area contributed by atoms with Gasteiger partial charge in [0, 0.05) is 23.1 Å². The number of nitrogens with two attached hydrogens (primary N) is 1. The summed E-state index contributed by atoms with van der Waals surface area (Å²) in [5.74, 6) is -11.5. The van der Waals surface area contributed by atoms with Crippen LogP contribution in [0, 0.1) is 29.6 Å². The van der Waals surface area contributed by atoms with Crippen molar-refractivity contribution in [2.24, 2.45) is 35.3 Å². The van der Waals surface area contributed by atoms with Crippen LogP contribution in [0.2, 0.25) is 0 Å². The van der Waals surface area contributed by atoms with Crippen LogP contribution in [0.5, 0.6) is 11.5 Å². The molecule has 1 amide bonds. The van der Waals surface area contributed by atoms with Crippen molar-refractivity contribution in [1.29, 1.82) is 0 Å². The number of hydrogen-bond acceptors (Lipinski definition) is 8. The molecule has 200 valence electrons. The van der Waals surface area contributed by atoms with Gasteiger partial charge in [-0.25, -0.2) is 0 Å². The van der Waals surface area contributed by atoms with Crippen molar-refractivity contribution >= 4 is 50.6 Å². The number of phenols is 1. The molecule has 0 aliphatic heterocycles. The van der Waals surface area contributed by atoms with E-state index in [2.05, 4.69) is 0 Å². The molecule has 0 radical (unpaired) electrons. The van der Waals surface area contributed by atoms with Crippen LogP contribution in [-0.4, -0.2) is 52.0 Å². The second-order valence-electron chi connectivity index (χ2n) is 11.2. The molecule has 3 aromatic rings. The molecule has 9 nitrogen and oxygen atoms in total. The van der Waals surface area contributed by atoms with Crippen LogP contribution < -0.4 is 10.5 Å². The molecular weight excluding hydrogens is 502 g/mol. The van der Waals surface area contributed by atoms with Crippen molar-refractivity contribution in [2.75, 3.05) is 7.11 Å². The number of ketones is 4. The fourth-order valence-electron chi connectivity index (χ4n) is 7.39. The molecule has 6 atom stereocenters. The van der Waals surface area contributed by atoms with Gasteiger partial charge in [-0.3, -0.25) is 24.0 Å². The van der Waals surface area contributed by atoms with Gasteiger partial charge < -0.3 is 20.7 Å². The number of carbonyl (C=O) groups excluding carboxylic acids is 5. The van der Waals surface area contributed by atoms with Gasteiger partial charge in [-0.2, -0.15) is 0 Å². The summed E-state index contributed by atoms with van der Waals surface area (Å²) in [6.45, 7) is 3.43. The van der Waals surface area contributed by atoms with Gasteiger partial charge in [0.2, 0.25) is 5.91 Å². The van der Waals surface area contributed by atoms with E-state index in [9.17, 15) is 34.2 Å². The monoisotopic (exact) mass is 529 g/mol. The molecule has 0 heterocycles. The Balaban J connectivity index is 1.64. The number of hydrogen-bond donors (Lipinski definition) is 3. The minimum Gasteiger partial charge on any atom is -0.507 e. The maximum atomic E-state index is 14.1. The number of amides is 1. The van der Waals surface area contributed by atoms with Crippen molar-refractivity contribution in [1.82, 2.24) is 0 Å². The molecule has 39 heavy (non-hydrogen) atoms. The molecule has 2 fully saturated rings. The highest BCUT2D eigenvalue weighted by atomic mass is 16.5. The minimum absolute atomic E-state index is 0.0237. The van der Waals surface area contributed by atoms with Gasteiger partial charge in [-0.1, -0.05) is 32.0 Å². The van der Waals surface area contributed by atoms with Crippen molar-refractivity contribution in [3.05, 3.63) is 47.5 Å². The molecule has 4 N–H and O–H groups in total. The number of aromatic hydroxyl groups is 1. The third-order valence-electron chi connectivity index (χ3n) is 9.05. The van der Waals surface area contributed by atoms with Crippen LogP contribution in [0.25, 0.3) is 21.5 Å². The number of carbonyl (C=O) groups is 5. The summed E-state index contributed by atoms with van der Waals surface area (Å²) < 4.78 is 5.39. The average Bonchev–Trinajstić information content (AvgIpc) is 2.88. The normalized spacial score (nSPS) is 30.0. The lowest BCUT2D eigenvalue weighted by Gasteiger charge is -2.52. The molecule has 0 aromatic heterocycles. The Labute approximate surface area is 222 Å². The Bertz CT molecular complexity index is 1670. The Morgan fingerprint density at radius 1 is 1.05 bits per heavy atom. The first kappa shape index (κ1) is 25.2. The average molecular weight is 530 g/mol. The second kappa shape index (κ2) is 8.19.